The summed E-state index contributed by atoms with van der Waals surface area (Å²) in [6.45, 7) is 2.88. The second-order valence-electron chi connectivity index (χ2n) is 25.7. The number of rotatable bonds is 60. The molecule has 0 spiro atoms. The molecular weight excluding hydrogens is 1050 g/mol. The summed E-state index contributed by atoms with van der Waals surface area (Å²) in [6, 6.07) is -0.822. The molecule has 0 aromatic heterocycles. The van der Waals surface area contributed by atoms with Crippen LogP contribution in [0.2, 0.25) is 0 Å². The number of hydrogen-bond acceptors (Lipinski definition) is 13. The molecule has 9 N–H and O–H groups in total. The number of hydrogen-bond donors (Lipinski definition) is 9. The zero-order chi connectivity index (χ0) is 60.2. The number of carbonyl (C=O) groups excluding carboxylic acids is 1. The van der Waals surface area contributed by atoms with Crippen LogP contribution in [0.5, 0.6) is 0 Å². The largest absolute Gasteiger partial charge is 0.394 e. The molecule has 2 fully saturated rings. The van der Waals surface area contributed by atoms with E-state index in [2.05, 4.69) is 19.2 Å². The number of aliphatic hydroxyl groups is 8. The SMILES string of the molecule is CCCCCCCCCCCCCCCCCCCCCCCCCCCCCCCCCCCCCCCCCC(=O)NC(COC1OC(CO)C(OC2OC(CO)C(O)C(O)C2O)C(O)C1O)C(O)CCCCCCCCCCCC. The van der Waals surface area contributed by atoms with Crippen LogP contribution < -0.4 is 5.32 Å². The van der Waals surface area contributed by atoms with Crippen molar-refractivity contribution in [3.05, 3.63) is 0 Å². The lowest BCUT2D eigenvalue weighted by Gasteiger charge is -2.46. The highest BCUT2D eigenvalue weighted by atomic mass is 16.7. The Kier molecular flexibility index (Phi) is 51.8. The molecule has 0 aromatic carbocycles. The Morgan fingerprint density at radius 2 is 0.687 bits per heavy atom. The van der Waals surface area contributed by atoms with E-state index in [1.54, 1.807) is 0 Å². The van der Waals surface area contributed by atoms with Crippen LogP contribution in [0.3, 0.4) is 0 Å². The first kappa shape index (κ1) is 78.1. The van der Waals surface area contributed by atoms with Gasteiger partial charge < -0.3 is 65.1 Å². The lowest BCUT2D eigenvalue weighted by Crippen LogP contribution is -2.65. The van der Waals surface area contributed by atoms with Crippen molar-refractivity contribution in [3.63, 3.8) is 0 Å². The third-order valence-electron chi connectivity index (χ3n) is 18.1. The van der Waals surface area contributed by atoms with Crippen LogP contribution in [0.4, 0.5) is 0 Å². The first-order valence-corrected chi connectivity index (χ1v) is 35.8. The number of ether oxygens (including phenoxy) is 4. The van der Waals surface area contributed by atoms with Crippen LogP contribution in [0.25, 0.3) is 0 Å². The van der Waals surface area contributed by atoms with Crippen LogP contribution in [-0.2, 0) is 23.7 Å². The number of carbonyl (C=O) groups is 1. The molecule has 83 heavy (non-hydrogen) atoms. The van der Waals surface area contributed by atoms with Gasteiger partial charge in [-0.1, -0.05) is 322 Å². The maximum absolute atomic E-state index is 13.3. The third kappa shape index (κ3) is 39.6. The van der Waals surface area contributed by atoms with Crippen molar-refractivity contribution in [2.24, 2.45) is 0 Å². The minimum atomic E-state index is -1.78. The van der Waals surface area contributed by atoms with Crippen molar-refractivity contribution >= 4 is 5.91 Å². The van der Waals surface area contributed by atoms with E-state index >= 15 is 0 Å². The minimum absolute atomic E-state index is 0.200. The van der Waals surface area contributed by atoms with Gasteiger partial charge in [0.05, 0.1) is 32.0 Å². The van der Waals surface area contributed by atoms with Crippen LogP contribution in [0.1, 0.15) is 341 Å². The van der Waals surface area contributed by atoms with Crippen molar-refractivity contribution in [1.82, 2.24) is 5.32 Å². The lowest BCUT2D eigenvalue weighted by atomic mass is 9.97. The monoisotopic (exact) mass is 1190 g/mol. The maximum atomic E-state index is 13.3. The lowest BCUT2D eigenvalue weighted by molar-refractivity contribution is -0.359. The average molecular weight is 1190 g/mol. The molecule has 14 nitrogen and oxygen atoms in total. The van der Waals surface area contributed by atoms with E-state index in [1.165, 1.54) is 263 Å². The molecule has 0 radical (unpaired) electrons. The fraction of sp³-hybridized carbons (Fsp3) is 0.986. The van der Waals surface area contributed by atoms with Gasteiger partial charge in [-0.3, -0.25) is 4.79 Å². The summed E-state index contributed by atoms with van der Waals surface area (Å²) in [5, 5.41) is 87.2. The van der Waals surface area contributed by atoms with Crippen molar-refractivity contribution in [2.75, 3.05) is 19.8 Å². The van der Waals surface area contributed by atoms with E-state index in [9.17, 15) is 45.6 Å². The Morgan fingerprint density at radius 1 is 0.386 bits per heavy atom. The van der Waals surface area contributed by atoms with Crippen molar-refractivity contribution < 1.29 is 64.6 Å². The summed E-state index contributed by atoms with van der Waals surface area (Å²) < 4.78 is 22.8. The quantitative estimate of drug-likeness (QED) is 0.0259. The Hall–Kier alpha value is -1.01. The highest BCUT2D eigenvalue weighted by Gasteiger charge is 2.51. The summed E-state index contributed by atoms with van der Waals surface area (Å²) in [5.41, 5.74) is 0. The van der Waals surface area contributed by atoms with Crippen LogP contribution in [0.15, 0.2) is 0 Å². The van der Waals surface area contributed by atoms with Gasteiger partial charge in [0.15, 0.2) is 12.6 Å². The first-order chi connectivity index (χ1) is 40.6. The molecule has 12 atom stereocenters. The summed E-state index contributed by atoms with van der Waals surface area (Å²) in [6.07, 6.45) is 49.0. The van der Waals surface area contributed by atoms with Gasteiger partial charge in [-0.25, -0.2) is 0 Å². The molecule has 14 heteroatoms. The summed E-state index contributed by atoms with van der Waals surface area (Å²) >= 11 is 0. The number of amides is 1. The van der Waals surface area contributed by atoms with Crippen molar-refractivity contribution in [2.45, 2.75) is 415 Å². The molecule has 0 aliphatic carbocycles. The van der Waals surface area contributed by atoms with Gasteiger partial charge in [-0.2, -0.15) is 0 Å². The Bertz CT molecular complexity index is 1400. The zero-order valence-electron chi connectivity index (χ0n) is 53.7. The van der Waals surface area contributed by atoms with Gasteiger partial charge in [0, 0.05) is 6.42 Å². The van der Waals surface area contributed by atoms with Crippen LogP contribution >= 0.6 is 0 Å². The van der Waals surface area contributed by atoms with Gasteiger partial charge >= 0.3 is 0 Å². The van der Waals surface area contributed by atoms with E-state index in [1.807, 2.05) is 0 Å². The summed E-state index contributed by atoms with van der Waals surface area (Å²) in [4.78, 5) is 13.3. The van der Waals surface area contributed by atoms with Gasteiger partial charge in [-0.15, -0.1) is 0 Å². The topological polar surface area (TPSA) is 228 Å². The Morgan fingerprint density at radius 3 is 1.02 bits per heavy atom. The normalized spacial score (nSPS) is 23.7. The van der Waals surface area contributed by atoms with Crippen LogP contribution in [-0.4, -0.2) is 140 Å². The third-order valence-corrected chi connectivity index (χ3v) is 18.1. The smallest absolute Gasteiger partial charge is 0.220 e. The van der Waals surface area contributed by atoms with E-state index in [-0.39, 0.29) is 12.5 Å². The Balaban J connectivity index is 1.49. The van der Waals surface area contributed by atoms with E-state index in [0.29, 0.717) is 12.8 Å². The molecule has 2 heterocycles. The van der Waals surface area contributed by atoms with E-state index < -0.39 is 86.8 Å². The van der Waals surface area contributed by atoms with Gasteiger partial charge in [0.25, 0.3) is 0 Å². The predicted octanol–water partition coefficient (Wildman–Crippen LogP) is 14.4. The van der Waals surface area contributed by atoms with E-state index in [0.717, 1.165) is 51.4 Å². The second-order valence-corrected chi connectivity index (χ2v) is 25.7. The molecular formula is C69H135NO13. The number of aliphatic hydroxyl groups excluding tert-OH is 8. The number of unbranched alkanes of at least 4 members (excludes halogenated alkanes) is 47. The van der Waals surface area contributed by atoms with Crippen molar-refractivity contribution in [3.8, 4) is 0 Å². The molecule has 1 amide bonds. The van der Waals surface area contributed by atoms with Gasteiger partial charge in [0.2, 0.25) is 5.91 Å². The molecule has 2 aliphatic rings. The first-order valence-electron chi connectivity index (χ1n) is 35.8. The molecule has 0 aromatic rings. The average Bonchev–Trinajstić information content (AvgIpc) is 3.47. The molecule has 2 rings (SSSR count). The van der Waals surface area contributed by atoms with Crippen LogP contribution in [0, 0.1) is 0 Å². The second kappa shape index (κ2) is 55.1. The molecule has 2 aliphatic heterocycles. The maximum Gasteiger partial charge on any atom is 0.220 e. The fourth-order valence-electron chi connectivity index (χ4n) is 12.4. The van der Waals surface area contributed by atoms with Gasteiger partial charge in [-0.05, 0) is 12.8 Å². The predicted molar refractivity (Wildman–Crippen MR) is 337 cm³/mol. The summed E-state index contributed by atoms with van der Waals surface area (Å²) in [7, 11) is 0. The highest BCUT2D eigenvalue weighted by Crippen LogP contribution is 2.30. The molecule has 0 bridgehead atoms. The highest BCUT2D eigenvalue weighted by molar-refractivity contribution is 5.76. The van der Waals surface area contributed by atoms with Gasteiger partial charge in [0.1, 0.15) is 48.8 Å². The van der Waals surface area contributed by atoms with Crippen molar-refractivity contribution in [1.29, 1.82) is 0 Å². The fourth-order valence-corrected chi connectivity index (χ4v) is 12.4. The number of nitrogens with one attached hydrogen (secondary N) is 1. The standard InChI is InChI=1S/C69H135NO13/c1-3-5-7-9-11-13-15-16-17-18-19-20-21-22-23-24-25-26-27-28-29-30-31-32-33-34-35-36-37-38-39-40-41-42-43-45-47-49-51-53-61(74)70-57(58(73)52-50-48-46-44-14-12-10-8-6-4-2)56-80-68-66(79)64(77)67(60(55-72)82-68)83-69-65(78)63(76)62(75)59(54-71)81-69/h57-60,62-69,71-73,75-79H,3-56H2,1-2H3,(H,70,74). The van der Waals surface area contributed by atoms with E-state index in [4.69, 9.17) is 18.9 Å². The summed E-state index contributed by atoms with van der Waals surface area (Å²) in [5.74, 6) is -0.200. The molecule has 0 saturated carbocycles. The Labute approximate surface area is 508 Å². The zero-order valence-corrected chi connectivity index (χ0v) is 53.7. The molecule has 494 valence electrons. The molecule has 2 saturated heterocycles. The molecule has 12 unspecified atom stereocenters. The minimum Gasteiger partial charge on any atom is -0.394 e.